The van der Waals surface area contributed by atoms with Crippen LogP contribution in [0.25, 0.3) is 0 Å². The van der Waals surface area contributed by atoms with Crippen molar-refractivity contribution in [2.45, 2.75) is 245 Å². The van der Waals surface area contributed by atoms with E-state index < -0.39 is 6.10 Å². The summed E-state index contributed by atoms with van der Waals surface area (Å²) in [4.78, 5) is 38.2. The summed E-state index contributed by atoms with van der Waals surface area (Å²) in [7, 11) is 0. The second-order valence-electron chi connectivity index (χ2n) is 19.0. The van der Waals surface area contributed by atoms with E-state index in [4.69, 9.17) is 14.2 Å². The monoisotopic (exact) mass is 1010 g/mol. The van der Waals surface area contributed by atoms with E-state index in [1.54, 1.807) is 0 Å². The predicted octanol–water partition coefficient (Wildman–Crippen LogP) is 20.0. The predicted molar refractivity (Wildman–Crippen MR) is 315 cm³/mol. The molecule has 0 aliphatic rings. The van der Waals surface area contributed by atoms with E-state index in [-0.39, 0.29) is 37.5 Å². The van der Waals surface area contributed by atoms with Gasteiger partial charge in [-0.3, -0.25) is 14.4 Å². The van der Waals surface area contributed by atoms with Crippen LogP contribution in [0.3, 0.4) is 0 Å². The fourth-order valence-electron chi connectivity index (χ4n) is 7.69. The number of unbranched alkanes of at least 4 members (excludes halogenated alkanes) is 22. The van der Waals surface area contributed by atoms with Crippen molar-refractivity contribution < 1.29 is 28.6 Å². The lowest BCUT2D eigenvalue weighted by Crippen LogP contribution is -2.30. The third kappa shape index (κ3) is 58.1. The molecule has 0 bridgehead atoms. The molecule has 0 heterocycles. The van der Waals surface area contributed by atoms with Crippen molar-refractivity contribution in [2.75, 3.05) is 13.2 Å². The summed E-state index contributed by atoms with van der Waals surface area (Å²) in [6, 6.07) is 0. The molecule has 0 saturated carbocycles. The highest BCUT2D eigenvalue weighted by Gasteiger charge is 2.19. The highest BCUT2D eigenvalue weighted by molar-refractivity contribution is 5.71. The Balaban J connectivity index is 4.57. The van der Waals surface area contributed by atoms with Crippen LogP contribution < -0.4 is 0 Å². The molecule has 0 aliphatic heterocycles. The van der Waals surface area contributed by atoms with Crippen LogP contribution in [0.15, 0.2) is 146 Å². The number of hydrogen-bond donors (Lipinski definition) is 0. The topological polar surface area (TPSA) is 78.9 Å². The van der Waals surface area contributed by atoms with Crippen LogP contribution in [-0.4, -0.2) is 37.2 Å². The average molecular weight is 1010 g/mol. The summed E-state index contributed by atoms with van der Waals surface area (Å²) in [5, 5.41) is 0. The molecule has 6 heteroatoms. The number of carbonyl (C=O) groups is 3. The van der Waals surface area contributed by atoms with E-state index in [1.165, 1.54) is 89.9 Å². The zero-order valence-electron chi connectivity index (χ0n) is 46.8. The standard InChI is InChI=1S/C67H106O6/c1-4-7-10-13-16-19-22-25-28-31-33-36-39-42-45-48-51-54-57-60-66(69)72-63-64(62-71-65(68)59-56-53-50-47-44-41-38-35-30-27-24-21-18-15-12-9-6-3)73-67(70)61-58-55-52-49-46-43-40-37-34-32-29-26-23-20-17-14-11-8-5-2/h7-8,10-11,13,16-17,19-20,22,25-26,28-29,31,33-34,36-37,39,42-43,45-46,64H,4-6,9,12,14-15,18,21,23-24,27,30,32,35,38,40-41,44,47-63H2,1-3H3/b10-7-,11-8-,16-13-,20-17-,22-19-,28-25-,29-26-,33-31+,37-34-,39-36-,45-42-,46-43-. The van der Waals surface area contributed by atoms with E-state index >= 15 is 0 Å². The van der Waals surface area contributed by atoms with E-state index in [0.717, 1.165) is 103 Å². The number of allylic oxidation sites excluding steroid dienone is 24. The van der Waals surface area contributed by atoms with Gasteiger partial charge in [0.05, 0.1) is 0 Å². The molecular formula is C67H106O6. The highest BCUT2D eigenvalue weighted by atomic mass is 16.6. The summed E-state index contributed by atoms with van der Waals surface area (Å²) >= 11 is 0. The molecule has 0 N–H and O–H groups in total. The average Bonchev–Trinajstić information content (AvgIpc) is 3.39. The van der Waals surface area contributed by atoms with Crippen LogP contribution in [-0.2, 0) is 28.6 Å². The minimum Gasteiger partial charge on any atom is -0.462 e. The van der Waals surface area contributed by atoms with Crippen molar-refractivity contribution >= 4 is 17.9 Å². The number of carbonyl (C=O) groups excluding carboxylic acids is 3. The van der Waals surface area contributed by atoms with Crippen LogP contribution in [0.4, 0.5) is 0 Å². The fraction of sp³-hybridized carbons (Fsp3) is 0.597. The largest absolute Gasteiger partial charge is 0.462 e. The van der Waals surface area contributed by atoms with Gasteiger partial charge in [0.15, 0.2) is 6.10 Å². The normalized spacial score (nSPS) is 13.2. The first-order chi connectivity index (χ1) is 36.0. The summed E-state index contributed by atoms with van der Waals surface area (Å²) < 4.78 is 16.8. The molecule has 1 unspecified atom stereocenters. The first kappa shape index (κ1) is 68.3. The second kappa shape index (κ2) is 59.8. The van der Waals surface area contributed by atoms with Crippen molar-refractivity contribution in [1.29, 1.82) is 0 Å². The van der Waals surface area contributed by atoms with Gasteiger partial charge in [0.2, 0.25) is 0 Å². The molecule has 0 rings (SSSR count). The maximum absolute atomic E-state index is 12.9. The Morgan fingerprint density at radius 1 is 0.301 bits per heavy atom. The zero-order valence-corrected chi connectivity index (χ0v) is 46.8. The van der Waals surface area contributed by atoms with E-state index in [1.807, 2.05) is 72.9 Å². The van der Waals surface area contributed by atoms with Crippen LogP contribution in [0.1, 0.15) is 239 Å². The Hall–Kier alpha value is -4.71. The Morgan fingerprint density at radius 3 is 1.00 bits per heavy atom. The van der Waals surface area contributed by atoms with Gasteiger partial charge in [0.1, 0.15) is 13.2 Å². The fourth-order valence-corrected chi connectivity index (χ4v) is 7.69. The van der Waals surface area contributed by atoms with Gasteiger partial charge in [-0.2, -0.15) is 0 Å². The third-order valence-corrected chi connectivity index (χ3v) is 12.0. The first-order valence-corrected chi connectivity index (χ1v) is 29.4. The van der Waals surface area contributed by atoms with E-state index in [2.05, 4.69) is 93.7 Å². The minimum atomic E-state index is -0.821. The minimum absolute atomic E-state index is 0.110. The Kier molecular flexibility index (Phi) is 56.0. The molecule has 0 radical (unpaired) electrons. The van der Waals surface area contributed by atoms with Gasteiger partial charge in [0.25, 0.3) is 0 Å². The molecular weight excluding hydrogens is 901 g/mol. The van der Waals surface area contributed by atoms with Crippen LogP contribution in [0.5, 0.6) is 0 Å². The number of rotatable bonds is 51. The van der Waals surface area contributed by atoms with Crippen molar-refractivity contribution in [3.05, 3.63) is 146 Å². The third-order valence-electron chi connectivity index (χ3n) is 12.0. The molecule has 6 nitrogen and oxygen atoms in total. The van der Waals surface area contributed by atoms with Gasteiger partial charge >= 0.3 is 17.9 Å². The lowest BCUT2D eigenvalue weighted by Gasteiger charge is -2.18. The van der Waals surface area contributed by atoms with Gasteiger partial charge in [0, 0.05) is 19.3 Å². The van der Waals surface area contributed by atoms with Crippen molar-refractivity contribution in [1.82, 2.24) is 0 Å². The Labute approximate surface area is 448 Å². The quantitative estimate of drug-likeness (QED) is 0.0199. The summed E-state index contributed by atoms with van der Waals surface area (Å²) in [6.07, 6.45) is 85.5. The molecule has 1 atom stereocenters. The molecule has 0 amide bonds. The summed E-state index contributed by atoms with van der Waals surface area (Å²) in [5.74, 6) is -0.992. The number of esters is 3. The number of ether oxygens (including phenoxy) is 3. The maximum Gasteiger partial charge on any atom is 0.306 e. The highest BCUT2D eigenvalue weighted by Crippen LogP contribution is 2.15. The van der Waals surface area contributed by atoms with E-state index in [0.29, 0.717) is 19.3 Å². The van der Waals surface area contributed by atoms with Crippen LogP contribution >= 0.6 is 0 Å². The second-order valence-corrected chi connectivity index (χ2v) is 19.0. The SMILES string of the molecule is CC\C=C/C=C\C=C/C=C\C=C\C=C/C=C\CCCCCC(=O)OCC(COC(=O)CCCCCCCCCCCCCCCCCCC)OC(=O)CCCCC/C=C\C/C=C\C/C=C\C/C=C\C/C=C\CC. The van der Waals surface area contributed by atoms with Crippen molar-refractivity contribution in [3.63, 3.8) is 0 Å². The van der Waals surface area contributed by atoms with Gasteiger partial charge in [-0.25, -0.2) is 0 Å². The molecule has 0 saturated heterocycles. The molecule has 0 aromatic rings. The van der Waals surface area contributed by atoms with Crippen molar-refractivity contribution in [3.8, 4) is 0 Å². The molecule has 0 spiro atoms. The summed E-state index contributed by atoms with van der Waals surface area (Å²) in [6.45, 7) is 6.32. The Morgan fingerprint density at radius 2 is 0.603 bits per heavy atom. The first-order valence-electron chi connectivity index (χ1n) is 29.4. The number of hydrogen-bond acceptors (Lipinski definition) is 6. The summed E-state index contributed by atoms with van der Waals surface area (Å²) in [5.41, 5.74) is 0. The molecule has 0 fully saturated rings. The smallest absolute Gasteiger partial charge is 0.306 e. The molecule has 410 valence electrons. The van der Waals surface area contributed by atoms with Crippen LogP contribution in [0, 0.1) is 0 Å². The lowest BCUT2D eigenvalue weighted by atomic mass is 10.0. The molecule has 0 aliphatic carbocycles. The Bertz CT molecular complexity index is 1630. The van der Waals surface area contributed by atoms with Crippen LogP contribution in [0.2, 0.25) is 0 Å². The van der Waals surface area contributed by atoms with Gasteiger partial charge in [-0.05, 0) is 83.5 Å². The molecule has 73 heavy (non-hydrogen) atoms. The molecule has 0 aromatic heterocycles. The van der Waals surface area contributed by atoms with Gasteiger partial charge < -0.3 is 14.2 Å². The lowest BCUT2D eigenvalue weighted by molar-refractivity contribution is -0.167. The van der Waals surface area contributed by atoms with Crippen molar-refractivity contribution in [2.24, 2.45) is 0 Å². The maximum atomic E-state index is 12.9. The van der Waals surface area contributed by atoms with Gasteiger partial charge in [-0.15, -0.1) is 0 Å². The molecule has 0 aromatic carbocycles. The van der Waals surface area contributed by atoms with Gasteiger partial charge in [-0.1, -0.05) is 282 Å². The van der Waals surface area contributed by atoms with E-state index in [9.17, 15) is 14.4 Å². The zero-order chi connectivity index (χ0) is 52.9.